The Balaban J connectivity index is 2.13. The summed E-state index contributed by atoms with van der Waals surface area (Å²) in [6.07, 6.45) is 0.845. The molecule has 1 aromatic heterocycles. The standard InChI is InChI=1S/C15H18FNOS/c1-3-17-14(15-9-13(18-2)10-19-15)8-11-4-6-12(16)7-5-11/h4-7,9-10,14,17H,3,8H2,1-2H3. The number of hydrogen-bond donors (Lipinski definition) is 1. The lowest BCUT2D eigenvalue weighted by Gasteiger charge is -2.16. The van der Waals surface area contributed by atoms with Crippen molar-refractivity contribution in [1.82, 2.24) is 5.32 Å². The van der Waals surface area contributed by atoms with E-state index in [9.17, 15) is 4.39 Å². The minimum absolute atomic E-state index is 0.193. The molecule has 0 aliphatic heterocycles. The van der Waals surface area contributed by atoms with Gasteiger partial charge in [-0.15, -0.1) is 11.3 Å². The summed E-state index contributed by atoms with van der Waals surface area (Å²) in [7, 11) is 1.67. The lowest BCUT2D eigenvalue weighted by Crippen LogP contribution is -2.22. The van der Waals surface area contributed by atoms with Crippen LogP contribution in [0.2, 0.25) is 0 Å². The van der Waals surface area contributed by atoms with Crippen LogP contribution >= 0.6 is 11.3 Å². The molecule has 102 valence electrons. The number of nitrogens with one attached hydrogen (secondary N) is 1. The number of halogens is 1. The molecule has 1 aromatic carbocycles. The topological polar surface area (TPSA) is 21.3 Å². The van der Waals surface area contributed by atoms with Gasteiger partial charge < -0.3 is 10.1 Å². The average Bonchev–Trinajstić information content (AvgIpc) is 2.89. The second kappa shape index (κ2) is 6.68. The maximum Gasteiger partial charge on any atom is 0.129 e. The Hall–Kier alpha value is -1.39. The van der Waals surface area contributed by atoms with E-state index in [2.05, 4.69) is 18.3 Å². The lowest BCUT2D eigenvalue weighted by atomic mass is 10.0. The molecule has 4 heteroatoms. The molecule has 1 unspecified atom stereocenters. The maximum absolute atomic E-state index is 12.9. The van der Waals surface area contributed by atoms with Crippen LogP contribution in [0.5, 0.6) is 5.75 Å². The highest BCUT2D eigenvalue weighted by molar-refractivity contribution is 7.10. The quantitative estimate of drug-likeness (QED) is 0.868. The summed E-state index contributed by atoms with van der Waals surface area (Å²) in [5, 5.41) is 5.46. The minimum Gasteiger partial charge on any atom is -0.496 e. The molecule has 1 heterocycles. The third-order valence-corrected chi connectivity index (χ3v) is 4.00. The van der Waals surface area contributed by atoms with E-state index in [0.29, 0.717) is 0 Å². The van der Waals surface area contributed by atoms with Crippen LogP contribution in [-0.2, 0) is 6.42 Å². The maximum atomic E-state index is 12.9. The molecule has 2 rings (SSSR count). The largest absolute Gasteiger partial charge is 0.496 e. The number of benzene rings is 1. The van der Waals surface area contributed by atoms with Gasteiger partial charge in [-0.2, -0.15) is 0 Å². The Kier molecular flexibility index (Phi) is 4.93. The molecule has 19 heavy (non-hydrogen) atoms. The van der Waals surface area contributed by atoms with Crippen LogP contribution in [0.15, 0.2) is 35.7 Å². The molecule has 0 amide bonds. The fourth-order valence-electron chi connectivity index (χ4n) is 2.00. The molecule has 0 bridgehead atoms. The van der Waals surface area contributed by atoms with Gasteiger partial charge in [-0.25, -0.2) is 4.39 Å². The molecule has 0 radical (unpaired) electrons. The Morgan fingerprint density at radius 2 is 2.05 bits per heavy atom. The van der Waals surface area contributed by atoms with Crippen LogP contribution < -0.4 is 10.1 Å². The average molecular weight is 279 g/mol. The van der Waals surface area contributed by atoms with Crippen molar-refractivity contribution in [3.63, 3.8) is 0 Å². The molecule has 0 saturated heterocycles. The van der Waals surface area contributed by atoms with Crippen LogP contribution in [0.25, 0.3) is 0 Å². The van der Waals surface area contributed by atoms with Crippen molar-refractivity contribution >= 4 is 11.3 Å². The molecule has 2 aromatic rings. The van der Waals surface area contributed by atoms with E-state index in [-0.39, 0.29) is 11.9 Å². The molecular formula is C15H18FNOS. The van der Waals surface area contributed by atoms with Crippen LogP contribution in [0, 0.1) is 5.82 Å². The molecule has 0 aliphatic rings. The van der Waals surface area contributed by atoms with Crippen LogP contribution in [0.4, 0.5) is 4.39 Å². The summed E-state index contributed by atoms with van der Waals surface area (Å²) in [5.74, 6) is 0.698. The van der Waals surface area contributed by atoms with Crippen molar-refractivity contribution in [3.8, 4) is 5.75 Å². The van der Waals surface area contributed by atoms with Crippen molar-refractivity contribution in [2.75, 3.05) is 13.7 Å². The fourth-order valence-corrected chi connectivity index (χ4v) is 2.93. The molecule has 1 atom stereocenters. The molecule has 0 saturated carbocycles. The first-order chi connectivity index (χ1) is 9.22. The summed E-state index contributed by atoms with van der Waals surface area (Å²) < 4.78 is 18.1. The second-order valence-corrected chi connectivity index (χ2v) is 5.27. The summed E-state index contributed by atoms with van der Waals surface area (Å²) >= 11 is 1.68. The normalized spacial score (nSPS) is 12.4. The van der Waals surface area contributed by atoms with E-state index >= 15 is 0 Å². The van der Waals surface area contributed by atoms with Crippen LogP contribution in [-0.4, -0.2) is 13.7 Å². The third kappa shape index (κ3) is 3.78. The number of ether oxygens (including phenoxy) is 1. The van der Waals surface area contributed by atoms with Gasteiger partial charge in [0.05, 0.1) is 7.11 Å². The van der Waals surface area contributed by atoms with Crippen molar-refractivity contribution in [2.45, 2.75) is 19.4 Å². The SMILES string of the molecule is CCNC(Cc1ccc(F)cc1)c1cc(OC)cs1. The smallest absolute Gasteiger partial charge is 0.129 e. The molecule has 2 nitrogen and oxygen atoms in total. The Bertz CT molecular complexity index is 509. The highest BCUT2D eigenvalue weighted by Gasteiger charge is 2.14. The monoisotopic (exact) mass is 279 g/mol. The van der Waals surface area contributed by atoms with Gasteiger partial charge in [0, 0.05) is 16.3 Å². The van der Waals surface area contributed by atoms with Gasteiger partial charge in [0.1, 0.15) is 11.6 Å². The first-order valence-electron chi connectivity index (χ1n) is 6.33. The summed E-state index contributed by atoms with van der Waals surface area (Å²) in [5.41, 5.74) is 1.12. The van der Waals surface area contributed by atoms with E-state index in [1.807, 2.05) is 17.5 Å². The van der Waals surface area contributed by atoms with E-state index in [1.165, 1.54) is 17.0 Å². The van der Waals surface area contributed by atoms with E-state index < -0.39 is 0 Å². The van der Waals surface area contributed by atoms with Crippen molar-refractivity contribution in [3.05, 3.63) is 52.0 Å². The highest BCUT2D eigenvalue weighted by Crippen LogP contribution is 2.29. The second-order valence-electron chi connectivity index (χ2n) is 4.33. The fraction of sp³-hybridized carbons (Fsp3) is 0.333. The van der Waals surface area contributed by atoms with Crippen LogP contribution in [0.1, 0.15) is 23.4 Å². The molecule has 0 aliphatic carbocycles. The lowest BCUT2D eigenvalue weighted by molar-refractivity contribution is 0.415. The molecule has 0 spiro atoms. The zero-order valence-electron chi connectivity index (χ0n) is 11.2. The van der Waals surface area contributed by atoms with E-state index in [4.69, 9.17) is 4.74 Å². The number of thiophene rings is 1. The highest BCUT2D eigenvalue weighted by atomic mass is 32.1. The number of hydrogen-bond acceptors (Lipinski definition) is 3. The Labute approximate surface area is 117 Å². The van der Waals surface area contributed by atoms with Crippen LogP contribution in [0.3, 0.4) is 0 Å². The predicted molar refractivity (Wildman–Crippen MR) is 77.4 cm³/mol. The number of methoxy groups -OCH3 is 1. The molecule has 1 N–H and O–H groups in total. The number of likely N-dealkylation sites (N-methyl/N-ethyl adjacent to an activating group) is 1. The van der Waals surface area contributed by atoms with Gasteiger partial charge in [-0.3, -0.25) is 0 Å². The Morgan fingerprint density at radius 3 is 2.63 bits per heavy atom. The van der Waals surface area contributed by atoms with Gasteiger partial charge in [0.2, 0.25) is 0 Å². The van der Waals surface area contributed by atoms with Crippen molar-refractivity contribution in [2.24, 2.45) is 0 Å². The van der Waals surface area contributed by atoms with Gasteiger partial charge in [-0.1, -0.05) is 19.1 Å². The van der Waals surface area contributed by atoms with E-state index in [0.717, 1.165) is 24.3 Å². The zero-order valence-corrected chi connectivity index (χ0v) is 12.0. The first-order valence-corrected chi connectivity index (χ1v) is 7.21. The van der Waals surface area contributed by atoms with Crippen molar-refractivity contribution in [1.29, 1.82) is 0 Å². The van der Waals surface area contributed by atoms with Gasteiger partial charge in [0.15, 0.2) is 0 Å². The first kappa shape index (κ1) is 14.0. The molecule has 0 fully saturated rings. The summed E-state index contributed by atoms with van der Waals surface area (Å²) in [6.45, 7) is 2.98. The van der Waals surface area contributed by atoms with E-state index in [1.54, 1.807) is 18.4 Å². The van der Waals surface area contributed by atoms with Gasteiger partial charge in [0.25, 0.3) is 0 Å². The third-order valence-electron chi connectivity index (χ3n) is 2.98. The molecular weight excluding hydrogens is 261 g/mol. The van der Waals surface area contributed by atoms with Gasteiger partial charge in [-0.05, 0) is 36.7 Å². The van der Waals surface area contributed by atoms with Gasteiger partial charge >= 0.3 is 0 Å². The Morgan fingerprint density at radius 1 is 1.32 bits per heavy atom. The summed E-state index contributed by atoms with van der Waals surface area (Å²) in [4.78, 5) is 1.24. The summed E-state index contributed by atoms with van der Waals surface area (Å²) in [6, 6.07) is 8.99. The number of rotatable bonds is 6. The van der Waals surface area contributed by atoms with Crippen molar-refractivity contribution < 1.29 is 9.13 Å². The zero-order chi connectivity index (χ0) is 13.7. The predicted octanol–water partition coefficient (Wildman–Crippen LogP) is 3.79. The minimum atomic E-state index is -0.193.